The molecule has 6 nitrogen and oxygen atoms in total. The molecule has 0 aromatic carbocycles. The number of rotatable bonds is 6. The first-order valence-electron chi connectivity index (χ1n) is 4.98. The van der Waals surface area contributed by atoms with E-state index in [2.05, 4.69) is 20.7 Å². The third-order valence-corrected chi connectivity index (χ3v) is 1.98. The van der Waals surface area contributed by atoms with Crippen molar-refractivity contribution in [3.63, 3.8) is 0 Å². The van der Waals surface area contributed by atoms with Crippen molar-refractivity contribution in [2.45, 2.75) is 12.8 Å². The van der Waals surface area contributed by atoms with E-state index >= 15 is 0 Å². The Bertz CT molecular complexity index is 309. The van der Waals surface area contributed by atoms with Crippen molar-refractivity contribution < 1.29 is 4.79 Å². The summed E-state index contributed by atoms with van der Waals surface area (Å²) in [5.41, 5.74) is 0. The van der Waals surface area contributed by atoms with Gasteiger partial charge in [0.05, 0.1) is 0 Å². The Morgan fingerprint density at radius 3 is 2.93 bits per heavy atom. The third kappa shape index (κ3) is 4.55. The van der Waals surface area contributed by atoms with Crippen LogP contribution in [0.1, 0.15) is 12.2 Å². The zero-order chi connectivity index (χ0) is 11.1. The van der Waals surface area contributed by atoms with Gasteiger partial charge in [0.25, 0.3) is 0 Å². The molecule has 1 aromatic heterocycles. The van der Waals surface area contributed by atoms with Gasteiger partial charge in [-0.25, -0.2) is 4.98 Å². The Labute approximate surface area is 89.1 Å². The standard InChI is InChI=1S/C9H17N5O/c1-10-9(15)4-6-11-5-3-8-12-7-14(2)13-8/h7,11H,3-6H2,1-2H3,(H,10,15). The highest BCUT2D eigenvalue weighted by atomic mass is 16.1. The summed E-state index contributed by atoms with van der Waals surface area (Å²) in [6.45, 7) is 1.48. The van der Waals surface area contributed by atoms with E-state index in [-0.39, 0.29) is 5.91 Å². The molecule has 0 unspecified atom stereocenters. The molecular formula is C9H17N5O. The molecule has 84 valence electrons. The molecule has 0 aliphatic carbocycles. The summed E-state index contributed by atoms with van der Waals surface area (Å²) < 4.78 is 1.68. The lowest BCUT2D eigenvalue weighted by Gasteiger charge is -2.01. The lowest BCUT2D eigenvalue weighted by atomic mass is 10.3. The molecule has 0 spiro atoms. The molecule has 0 atom stereocenters. The van der Waals surface area contributed by atoms with Gasteiger partial charge in [-0.3, -0.25) is 9.48 Å². The van der Waals surface area contributed by atoms with Crippen molar-refractivity contribution in [1.82, 2.24) is 25.4 Å². The number of amides is 1. The van der Waals surface area contributed by atoms with E-state index in [1.807, 2.05) is 7.05 Å². The summed E-state index contributed by atoms with van der Waals surface area (Å²) in [7, 11) is 3.48. The van der Waals surface area contributed by atoms with Gasteiger partial charge in [0.2, 0.25) is 5.91 Å². The molecule has 15 heavy (non-hydrogen) atoms. The van der Waals surface area contributed by atoms with Crippen LogP contribution in [0.15, 0.2) is 6.33 Å². The molecule has 0 saturated heterocycles. The van der Waals surface area contributed by atoms with Crippen LogP contribution in [-0.4, -0.2) is 40.8 Å². The molecule has 0 aliphatic heterocycles. The zero-order valence-corrected chi connectivity index (χ0v) is 9.16. The molecule has 1 aromatic rings. The number of nitrogens with one attached hydrogen (secondary N) is 2. The Morgan fingerprint density at radius 2 is 2.33 bits per heavy atom. The van der Waals surface area contributed by atoms with Gasteiger partial charge in [-0.05, 0) is 0 Å². The largest absolute Gasteiger partial charge is 0.359 e. The highest BCUT2D eigenvalue weighted by Crippen LogP contribution is 1.88. The van der Waals surface area contributed by atoms with Gasteiger partial charge in [0, 0.05) is 40.0 Å². The summed E-state index contributed by atoms with van der Waals surface area (Å²) in [4.78, 5) is 15.0. The van der Waals surface area contributed by atoms with Crippen molar-refractivity contribution in [3.8, 4) is 0 Å². The molecule has 1 amide bonds. The van der Waals surface area contributed by atoms with Gasteiger partial charge in [0.1, 0.15) is 6.33 Å². The molecule has 6 heteroatoms. The predicted molar refractivity (Wildman–Crippen MR) is 56.3 cm³/mol. The minimum atomic E-state index is 0.0541. The van der Waals surface area contributed by atoms with Gasteiger partial charge in [-0.1, -0.05) is 0 Å². The normalized spacial score (nSPS) is 10.3. The van der Waals surface area contributed by atoms with Gasteiger partial charge < -0.3 is 10.6 Å². The minimum Gasteiger partial charge on any atom is -0.359 e. The highest BCUT2D eigenvalue weighted by molar-refractivity contribution is 5.75. The highest BCUT2D eigenvalue weighted by Gasteiger charge is 1.99. The molecule has 0 radical (unpaired) electrons. The number of nitrogens with zero attached hydrogens (tertiary/aromatic N) is 3. The predicted octanol–water partition coefficient (Wildman–Crippen LogP) is -0.917. The SMILES string of the molecule is CNC(=O)CCNCCc1ncn(C)n1. The number of hydrogen-bond donors (Lipinski definition) is 2. The van der Waals surface area contributed by atoms with E-state index in [0.29, 0.717) is 13.0 Å². The summed E-state index contributed by atoms with van der Waals surface area (Å²) >= 11 is 0. The molecule has 0 bridgehead atoms. The smallest absolute Gasteiger partial charge is 0.221 e. The molecular weight excluding hydrogens is 194 g/mol. The maximum Gasteiger partial charge on any atom is 0.221 e. The first-order chi connectivity index (χ1) is 7.22. The molecule has 0 aliphatic rings. The number of aromatic nitrogens is 3. The van der Waals surface area contributed by atoms with Crippen LogP contribution in [0.2, 0.25) is 0 Å². The van der Waals surface area contributed by atoms with Crippen molar-refractivity contribution in [2.24, 2.45) is 7.05 Å². The number of hydrogen-bond acceptors (Lipinski definition) is 4. The van der Waals surface area contributed by atoms with Gasteiger partial charge in [-0.15, -0.1) is 0 Å². The third-order valence-electron chi connectivity index (χ3n) is 1.98. The molecule has 2 N–H and O–H groups in total. The van der Waals surface area contributed by atoms with E-state index in [1.54, 1.807) is 18.1 Å². The quantitative estimate of drug-likeness (QED) is 0.597. The van der Waals surface area contributed by atoms with Crippen LogP contribution in [0.3, 0.4) is 0 Å². The Kier molecular flexibility index (Phi) is 4.76. The monoisotopic (exact) mass is 211 g/mol. The topological polar surface area (TPSA) is 71.8 Å². The van der Waals surface area contributed by atoms with Gasteiger partial charge >= 0.3 is 0 Å². The first-order valence-corrected chi connectivity index (χ1v) is 4.98. The number of carbonyl (C=O) groups excluding carboxylic acids is 1. The van der Waals surface area contributed by atoms with Crippen LogP contribution in [0.4, 0.5) is 0 Å². The second-order valence-electron chi connectivity index (χ2n) is 3.26. The minimum absolute atomic E-state index is 0.0541. The average Bonchev–Trinajstić information content (AvgIpc) is 2.63. The van der Waals surface area contributed by atoms with Crippen LogP contribution in [0.25, 0.3) is 0 Å². The number of carbonyl (C=O) groups is 1. The van der Waals surface area contributed by atoms with E-state index in [1.165, 1.54) is 0 Å². The van der Waals surface area contributed by atoms with Crippen LogP contribution < -0.4 is 10.6 Å². The maximum atomic E-state index is 10.9. The van der Waals surface area contributed by atoms with Crippen molar-refractivity contribution in [3.05, 3.63) is 12.2 Å². The fourth-order valence-electron chi connectivity index (χ4n) is 1.15. The fraction of sp³-hybridized carbons (Fsp3) is 0.667. The van der Waals surface area contributed by atoms with E-state index in [0.717, 1.165) is 18.8 Å². The summed E-state index contributed by atoms with van der Waals surface area (Å²) in [5, 5.41) is 9.87. The average molecular weight is 211 g/mol. The summed E-state index contributed by atoms with van der Waals surface area (Å²) in [6.07, 6.45) is 2.97. The van der Waals surface area contributed by atoms with Crippen LogP contribution in [-0.2, 0) is 18.3 Å². The first kappa shape index (κ1) is 11.6. The fourth-order valence-corrected chi connectivity index (χ4v) is 1.15. The van der Waals surface area contributed by atoms with Crippen LogP contribution in [0, 0.1) is 0 Å². The van der Waals surface area contributed by atoms with Gasteiger partial charge in [-0.2, -0.15) is 5.10 Å². The maximum absolute atomic E-state index is 10.9. The second-order valence-corrected chi connectivity index (χ2v) is 3.26. The Morgan fingerprint density at radius 1 is 1.53 bits per heavy atom. The molecule has 1 rings (SSSR count). The van der Waals surface area contributed by atoms with Crippen LogP contribution >= 0.6 is 0 Å². The van der Waals surface area contributed by atoms with Gasteiger partial charge in [0.15, 0.2) is 5.82 Å². The Balaban J connectivity index is 2.05. The molecule has 1 heterocycles. The van der Waals surface area contributed by atoms with E-state index in [4.69, 9.17) is 0 Å². The molecule has 0 fully saturated rings. The van der Waals surface area contributed by atoms with Crippen molar-refractivity contribution in [1.29, 1.82) is 0 Å². The second kappa shape index (κ2) is 6.13. The zero-order valence-electron chi connectivity index (χ0n) is 9.16. The Hall–Kier alpha value is -1.43. The lowest BCUT2D eigenvalue weighted by Crippen LogP contribution is -2.26. The van der Waals surface area contributed by atoms with Crippen molar-refractivity contribution in [2.75, 3.05) is 20.1 Å². The lowest BCUT2D eigenvalue weighted by molar-refractivity contribution is -0.120. The number of aryl methyl sites for hydroxylation is 1. The summed E-state index contributed by atoms with van der Waals surface area (Å²) in [6, 6.07) is 0. The van der Waals surface area contributed by atoms with Crippen LogP contribution in [0.5, 0.6) is 0 Å². The summed E-state index contributed by atoms with van der Waals surface area (Å²) in [5.74, 6) is 0.878. The molecule has 0 saturated carbocycles. The van der Waals surface area contributed by atoms with Crippen molar-refractivity contribution >= 4 is 5.91 Å². The van der Waals surface area contributed by atoms with E-state index in [9.17, 15) is 4.79 Å². The van der Waals surface area contributed by atoms with E-state index < -0.39 is 0 Å².